The van der Waals surface area contributed by atoms with Crippen molar-refractivity contribution in [3.63, 3.8) is 0 Å². The van der Waals surface area contributed by atoms with Gasteiger partial charge in [-0.2, -0.15) is 11.8 Å². The molecule has 1 fully saturated rings. The Labute approximate surface area is 108 Å². The summed E-state index contributed by atoms with van der Waals surface area (Å²) < 4.78 is 0. The van der Waals surface area contributed by atoms with E-state index in [4.69, 9.17) is 0 Å². The number of benzene rings is 1. The fourth-order valence-electron chi connectivity index (χ4n) is 2.21. The van der Waals surface area contributed by atoms with Crippen LogP contribution in [0.5, 0.6) is 0 Å². The summed E-state index contributed by atoms with van der Waals surface area (Å²) in [5.41, 5.74) is 2.27. The minimum absolute atomic E-state index is 0.323. The molecule has 3 heteroatoms. The second-order valence-electron chi connectivity index (χ2n) is 4.64. The number of rotatable bonds is 4. The molecule has 0 saturated carbocycles. The summed E-state index contributed by atoms with van der Waals surface area (Å²) in [5, 5.41) is 9.75. The molecule has 2 atom stereocenters. The lowest BCUT2D eigenvalue weighted by Crippen LogP contribution is -2.31. The third-order valence-corrected chi connectivity index (χ3v) is 4.67. The van der Waals surface area contributed by atoms with Gasteiger partial charge in [0.15, 0.2) is 0 Å². The van der Waals surface area contributed by atoms with E-state index in [1.807, 2.05) is 30.8 Å². The van der Waals surface area contributed by atoms with Crippen LogP contribution in [0.15, 0.2) is 24.3 Å². The molecular formula is C14H21NOS. The zero-order chi connectivity index (χ0) is 12.3. The topological polar surface area (TPSA) is 23.5 Å². The fourth-order valence-corrected chi connectivity index (χ4v) is 3.47. The van der Waals surface area contributed by atoms with E-state index in [-0.39, 0.29) is 6.10 Å². The van der Waals surface area contributed by atoms with Crippen LogP contribution in [0.4, 0.5) is 5.69 Å². The van der Waals surface area contributed by atoms with E-state index < -0.39 is 0 Å². The lowest BCUT2D eigenvalue weighted by molar-refractivity contribution is 0.173. The van der Waals surface area contributed by atoms with Gasteiger partial charge in [-0.05, 0) is 36.3 Å². The summed E-state index contributed by atoms with van der Waals surface area (Å²) in [4.78, 5) is 2.36. The molecule has 0 spiro atoms. The molecule has 0 aromatic heterocycles. The van der Waals surface area contributed by atoms with Crippen LogP contribution in [0, 0.1) is 0 Å². The molecule has 1 aliphatic rings. The maximum Gasteiger partial charge on any atom is 0.0787 e. The highest BCUT2D eigenvalue weighted by atomic mass is 32.2. The van der Waals surface area contributed by atoms with Gasteiger partial charge in [0, 0.05) is 24.5 Å². The van der Waals surface area contributed by atoms with Crippen molar-refractivity contribution in [3.8, 4) is 0 Å². The van der Waals surface area contributed by atoms with Crippen molar-refractivity contribution in [2.24, 2.45) is 0 Å². The maximum atomic E-state index is 9.75. The number of nitrogens with zero attached hydrogens (tertiary/aromatic N) is 1. The molecule has 17 heavy (non-hydrogen) atoms. The standard InChI is InChI=1S/C14H21NOS/c1-3-14(16)11-4-6-12(7-5-11)15(2)13-8-9-17-10-13/h4-7,13-14,16H,3,8-10H2,1-2H3/t13?,14-/m1/s1. The molecule has 1 aliphatic heterocycles. The summed E-state index contributed by atoms with van der Waals surface area (Å²) in [6, 6.07) is 9.00. The van der Waals surface area contributed by atoms with Crippen LogP contribution in [0.2, 0.25) is 0 Å². The molecule has 0 radical (unpaired) electrons. The summed E-state index contributed by atoms with van der Waals surface area (Å²) in [7, 11) is 2.17. The molecule has 1 aromatic rings. The van der Waals surface area contributed by atoms with E-state index in [9.17, 15) is 5.11 Å². The first-order chi connectivity index (χ1) is 8.22. The van der Waals surface area contributed by atoms with Gasteiger partial charge in [-0.3, -0.25) is 0 Å². The number of thioether (sulfide) groups is 1. The SMILES string of the molecule is CC[C@@H](O)c1ccc(N(C)C2CCSC2)cc1. The van der Waals surface area contributed by atoms with Crippen molar-refractivity contribution in [1.29, 1.82) is 0 Å². The van der Waals surface area contributed by atoms with Gasteiger partial charge in [0.2, 0.25) is 0 Å². The van der Waals surface area contributed by atoms with E-state index in [1.54, 1.807) is 0 Å². The first-order valence-corrected chi connectivity index (χ1v) is 7.46. The Morgan fingerprint density at radius 3 is 2.65 bits per heavy atom. The van der Waals surface area contributed by atoms with Gasteiger partial charge in [0.25, 0.3) is 0 Å². The Hall–Kier alpha value is -0.670. The Kier molecular flexibility index (Phi) is 4.35. The molecule has 1 N–H and O–H groups in total. The number of hydrogen-bond donors (Lipinski definition) is 1. The highest BCUT2D eigenvalue weighted by Gasteiger charge is 2.20. The van der Waals surface area contributed by atoms with Crippen LogP contribution in [0.3, 0.4) is 0 Å². The predicted molar refractivity (Wildman–Crippen MR) is 75.8 cm³/mol. The van der Waals surface area contributed by atoms with E-state index >= 15 is 0 Å². The normalized spacial score (nSPS) is 21.5. The van der Waals surface area contributed by atoms with Crippen molar-refractivity contribution in [1.82, 2.24) is 0 Å². The molecule has 0 bridgehead atoms. The quantitative estimate of drug-likeness (QED) is 0.889. The van der Waals surface area contributed by atoms with Gasteiger partial charge in [-0.1, -0.05) is 19.1 Å². The van der Waals surface area contributed by atoms with Gasteiger partial charge in [0.1, 0.15) is 0 Å². The van der Waals surface area contributed by atoms with E-state index in [2.05, 4.69) is 24.1 Å². The average molecular weight is 251 g/mol. The van der Waals surface area contributed by atoms with Gasteiger partial charge >= 0.3 is 0 Å². The Bertz CT molecular complexity index is 346. The first kappa shape index (κ1) is 12.8. The zero-order valence-electron chi connectivity index (χ0n) is 10.6. The third kappa shape index (κ3) is 2.96. The van der Waals surface area contributed by atoms with Crippen molar-refractivity contribution in [2.75, 3.05) is 23.5 Å². The molecule has 1 heterocycles. The van der Waals surface area contributed by atoms with Crippen molar-refractivity contribution in [3.05, 3.63) is 29.8 Å². The smallest absolute Gasteiger partial charge is 0.0787 e. The van der Waals surface area contributed by atoms with E-state index in [0.717, 1.165) is 12.0 Å². The molecule has 1 aromatic carbocycles. The van der Waals surface area contributed by atoms with Crippen LogP contribution in [-0.2, 0) is 0 Å². The van der Waals surface area contributed by atoms with Crippen LogP contribution >= 0.6 is 11.8 Å². The van der Waals surface area contributed by atoms with E-state index in [1.165, 1.54) is 23.6 Å². The summed E-state index contributed by atoms with van der Waals surface area (Å²) in [6.07, 6.45) is 1.73. The molecule has 0 aliphatic carbocycles. The Morgan fingerprint density at radius 1 is 1.41 bits per heavy atom. The van der Waals surface area contributed by atoms with Crippen molar-refractivity contribution < 1.29 is 5.11 Å². The summed E-state index contributed by atoms with van der Waals surface area (Å²) >= 11 is 2.04. The third-order valence-electron chi connectivity index (χ3n) is 3.53. The average Bonchev–Trinajstić information content (AvgIpc) is 2.91. The first-order valence-electron chi connectivity index (χ1n) is 6.31. The number of hydrogen-bond acceptors (Lipinski definition) is 3. The minimum atomic E-state index is -0.323. The lowest BCUT2D eigenvalue weighted by atomic mass is 10.1. The number of aliphatic hydroxyl groups excluding tert-OH is 1. The van der Waals surface area contributed by atoms with Gasteiger partial charge in [-0.15, -0.1) is 0 Å². The molecule has 94 valence electrons. The lowest BCUT2D eigenvalue weighted by Gasteiger charge is -2.26. The summed E-state index contributed by atoms with van der Waals surface area (Å²) in [5.74, 6) is 2.51. The highest BCUT2D eigenvalue weighted by molar-refractivity contribution is 7.99. The Morgan fingerprint density at radius 2 is 2.12 bits per heavy atom. The fraction of sp³-hybridized carbons (Fsp3) is 0.571. The van der Waals surface area contributed by atoms with Gasteiger partial charge in [0.05, 0.1) is 6.10 Å². The van der Waals surface area contributed by atoms with Crippen LogP contribution in [-0.4, -0.2) is 29.7 Å². The monoisotopic (exact) mass is 251 g/mol. The van der Waals surface area contributed by atoms with Gasteiger partial charge < -0.3 is 10.0 Å². The van der Waals surface area contributed by atoms with Gasteiger partial charge in [-0.25, -0.2) is 0 Å². The van der Waals surface area contributed by atoms with Crippen LogP contribution in [0.25, 0.3) is 0 Å². The summed E-state index contributed by atoms with van der Waals surface area (Å²) in [6.45, 7) is 2.00. The molecule has 2 nitrogen and oxygen atoms in total. The second kappa shape index (κ2) is 5.78. The second-order valence-corrected chi connectivity index (χ2v) is 5.79. The van der Waals surface area contributed by atoms with Crippen LogP contribution in [0.1, 0.15) is 31.4 Å². The Balaban J connectivity index is 2.06. The largest absolute Gasteiger partial charge is 0.388 e. The molecule has 0 amide bonds. The maximum absolute atomic E-state index is 9.75. The molecule has 2 rings (SSSR count). The van der Waals surface area contributed by atoms with Crippen LogP contribution < -0.4 is 4.90 Å². The molecule has 1 saturated heterocycles. The van der Waals surface area contributed by atoms with Crippen molar-refractivity contribution >= 4 is 17.4 Å². The zero-order valence-corrected chi connectivity index (χ0v) is 11.4. The number of anilines is 1. The van der Waals surface area contributed by atoms with Crippen molar-refractivity contribution in [2.45, 2.75) is 31.9 Å². The number of aliphatic hydroxyl groups is 1. The minimum Gasteiger partial charge on any atom is -0.388 e. The predicted octanol–water partition coefficient (Wildman–Crippen LogP) is 3.07. The highest BCUT2D eigenvalue weighted by Crippen LogP contribution is 2.27. The molecule has 1 unspecified atom stereocenters. The van der Waals surface area contributed by atoms with E-state index in [0.29, 0.717) is 6.04 Å². The molecular weight excluding hydrogens is 230 g/mol.